The number of piperazine rings is 1. The van der Waals surface area contributed by atoms with E-state index >= 15 is 0 Å². The molecule has 0 radical (unpaired) electrons. The van der Waals surface area contributed by atoms with Crippen LogP contribution in [0.4, 0.5) is 5.69 Å². The monoisotopic (exact) mass is 453 g/mol. The first kappa shape index (κ1) is 21.1. The zero-order valence-corrected chi connectivity index (χ0v) is 18.2. The Morgan fingerprint density at radius 2 is 1.90 bits per heavy atom. The zero-order valence-electron chi connectivity index (χ0n) is 16.6. The van der Waals surface area contributed by atoms with Crippen LogP contribution in [0, 0.1) is 0 Å². The molecule has 3 heterocycles. The molecule has 30 heavy (non-hydrogen) atoms. The maximum absolute atomic E-state index is 13.0. The van der Waals surface area contributed by atoms with E-state index in [1.54, 1.807) is 34.0 Å². The molecule has 1 amide bonds. The number of halogens is 1. The zero-order chi connectivity index (χ0) is 21.3. The van der Waals surface area contributed by atoms with Crippen LogP contribution in [0.25, 0.3) is 0 Å². The summed E-state index contributed by atoms with van der Waals surface area (Å²) in [6, 6.07) is 6.32. The van der Waals surface area contributed by atoms with Crippen molar-refractivity contribution in [1.82, 2.24) is 19.0 Å². The van der Waals surface area contributed by atoms with Crippen molar-refractivity contribution in [3.63, 3.8) is 0 Å². The molecular formula is C19H24ClN5O4S. The van der Waals surface area contributed by atoms with Crippen molar-refractivity contribution in [3.05, 3.63) is 41.7 Å². The summed E-state index contributed by atoms with van der Waals surface area (Å²) in [5, 5.41) is 4.35. The molecule has 0 spiro atoms. The van der Waals surface area contributed by atoms with E-state index in [1.807, 2.05) is 13.2 Å². The highest BCUT2D eigenvalue weighted by Gasteiger charge is 2.37. The van der Waals surface area contributed by atoms with Crippen LogP contribution in [0.1, 0.15) is 0 Å². The lowest BCUT2D eigenvalue weighted by Gasteiger charge is -2.39. The second-order valence-electron chi connectivity index (χ2n) is 7.34. The molecule has 2 fully saturated rings. The van der Waals surface area contributed by atoms with Gasteiger partial charge in [-0.25, -0.2) is 8.42 Å². The van der Waals surface area contributed by atoms with Crippen LogP contribution in [-0.4, -0.2) is 85.3 Å². The summed E-state index contributed by atoms with van der Waals surface area (Å²) in [4.78, 5) is 17.0. The smallest absolute Gasteiger partial charge is 0.253 e. The molecule has 0 saturated carbocycles. The summed E-state index contributed by atoms with van der Waals surface area (Å²) in [7, 11) is -1.93. The van der Waals surface area contributed by atoms with Crippen molar-refractivity contribution in [1.29, 1.82) is 0 Å². The average Bonchev–Trinajstić information content (AvgIpc) is 3.20. The maximum Gasteiger partial charge on any atom is 0.253 e. The van der Waals surface area contributed by atoms with Gasteiger partial charge in [0, 0.05) is 52.5 Å². The number of aryl methyl sites for hydroxylation is 1. The number of anilines is 1. The number of hydrogen-bond donors (Lipinski definition) is 0. The summed E-state index contributed by atoms with van der Waals surface area (Å²) < 4.78 is 34.7. The topological polar surface area (TPSA) is 88.0 Å². The van der Waals surface area contributed by atoms with Gasteiger partial charge in [-0.3, -0.25) is 9.48 Å². The molecule has 1 aromatic heterocycles. The predicted octanol–water partition coefficient (Wildman–Crippen LogP) is 0.812. The predicted molar refractivity (Wildman–Crippen MR) is 112 cm³/mol. The number of carbonyl (C=O) groups excluding carboxylic acids is 1. The first-order chi connectivity index (χ1) is 14.4. The number of sulfonamides is 1. The number of amides is 1. The van der Waals surface area contributed by atoms with Gasteiger partial charge in [0.05, 0.1) is 23.5 Å². The molecular weight excluding hydrogens is 430 g/mol. The molecule has 2 aliphatic rings. The van der Waals surface area contributed by atoms with E-state index in [1.165, 1.54) is 10.4 Å². The molecule has 2 aliphatic heterocycles. The standard InChI is InChI=1S/C19H24ClN5O4S/c1-22-13-15(12-21-22)23-6-8-24(9-7-23)19(26)17-14-25(10-11-29-17)30(27,28)18-5-3-2-4-16(18)20/h2-5,12-13,17H,6-11,14H2,1H3/t17-/m1/s1. The minimum Gasteiger partial charge on any atom is -0.366 e. The third-order valence-corrected chi connectivity index (χ3v) is 7.77. The Hall–Kier alpha value is -2.14. The highest BCUT2D eigenvalue weighted by molar-refractivity contribution is 7.89. The fraction of sp³-hybridized carbons (Fsp3) is 0.474. The summed E-state index contributed by atoms with van der Waals surface area (Å²) >= 11 is 6.09. The quantitative estimate of drug-likeness (QED) is 0.680. The van der Waals surface area contributed by atoms with Gasteiger partial charge >= 0.3 is 0 Å². The number of benzene rings is 1. The number of aromatic nitrogens is 2. The van der Waals surface area contributed by atoms with Gasteiger partial charge in [0.1, 0.15) is 11.0 Å². The van der Waals surface area contributed by atoms with Gasteiger partial charge in [-0.05, 0) is 12.1 Å². The van der Waals surface area contributed by atoms with Gasteiger partial charge in [0.15, 0.2) is 0 Å². The van der Waals surface area contributed by atoms with Crippen molar-refractivity contribution in [3.8, 4) is 0 Å². The first-order valence-electron chi connectivity index (χ1n) is 9.75. The fourth-order valence-corrected chi connectivity index (χ4v) is 5.66. The van der Waals surface area contributed by atoms with Gasteiger partial charge in [0.2, 0.25) is 10.0 Å². The summed E-state index contributed by atoms with van der Waals surface area (Å²) in [6.07, 6.45) is 2.93. The minimum atomic E-state index is -3.80. The molecule has 2 aromatic rings. The lowest BCUT2D eigenvalue weighted by atomic mass is 10.2. The fourth-order valence-electron chi connectivity index (χ4n) is 3.75. The van der Waals surface area contributed by atoms with Crippen molar-refractivity contribution in [2.75, 3.05) is 50.8 Å². The lowest BCUT2D eigenvalue weighted by Crippen LogP contribution is -2.56. The van der Waals surface area contributed by atoms with Crippen LogP contribution >= 0.6 is 11.6 Å². The van der Waals surface area contributed by atoms with Crippen molar-refractivity contribution in [2.45, 2.75) is 11.0 Å². The molecule has 1 aromatic carbocycles. The minimum absolute atomic E-state index is 0.0186. The van der Waals surface area contributed by atoms with Gasteiger partial charge in [-0.15, -0.1) is 0 Å². The van der Waals surface area contributed by atoms with Crippen molar-refractivity contribution < 1.29 is 17.9 Å². The highest BCUT2D eigenvalue weighted by atomic mass is 35.5. The van der Waals surface area contributed by atoms with Crippen LogP contribution < -0.4 is 4.90 Å². The normalized spacial score (nSPS) is 21.1. The Morgan fingerprint density at radius 3 is 2.57 bits per heavy atom. The molecule has 0 aliphatic carbocycles. The Labute approximate surface area is 180 Å². The average molecular weight is 454 g/mol. The highest BCUT2D eigenvalue weighted by Crippen LogP contribution is 2.26. The molecule has 1 atom stereocenters. The van der Waals surface area contributed by atoms with Crippen LogP contribution in [0.5, 0.6) is 0 Å². The molecule has 4 rings (SSSR count). The molecule has 0 unspecified atom stereocenters. The summed E-state index contributed by atoms with van der Waals surface area (Å²) in [6.45, 7) is 2.80. The number of ether oxygens (including phenoxy) is 1. The molecule has 11 heteroatoms. The molecule has 0 bridgehead atoms. The van der Waals surface area contributed by atoms with E-state index in [0.717, 1.165) is 5.69 Å². The van der Waals surface area contributed by atoms with Crippen molar-refractivity contribution >= 4 is 33.2 Å². The van der Waals surface area contributed by atoms with E-state index in [-0.39, 0.29) is 35.5 Å². The molecule has 9 nitrogen and oxygen atoms in total. The second-order valence-corrected chi connectivity index (χ2v) is 9.65. The second kappa shape index (κ2) is 8.54. The van der Waals surface area contributed by atoms with E-state index in [9.17, 15) is 13.2 Å². The van der Waals surface area contributed by atoms with E-state index in [4.69, 9.17) is 16.3 Å². The molecule has 0 N–H and O–H groups in total. The maximum atomic E-state index is 13.0. The molecule has 2 saturated heterocycles. The number of hydrogen-bond acceptors (Lipinski definition) is 6. The number of morpholine rings is 1. The number of rotatable bonds is 4. The Bertz CT molecular complexity index is 1020. The third-order valence-electron chi connectivity index (χ3n) is 5.41. The molecule has 162 valence electrons. The van der Waals surface area contributed by atoms with Gasteiger partial charge < -0.3 is 14.5 Å². The van der Waals surface area contributed by atoms with Crippen LogP contribution in [0.2, 0.25) is 5.02 Å². The van der Waals surface area contributed by atoms with Gasteiger partial charge in [0.25, 0.3) is 5.91 Å². The van der Waals surface area contributed by atoms with E-state index < -0.39 is 16.1 Å². The number of carbonyl (C=O) groups is 1. The number of nitrogens with zero attached hydrogens (tertiary/aromatic N) is 5. The Kier molecular flexibility index (Phi) is 6.01. The summed E-state index contributed by atoms with van der Waals surface area (Å²) in [5.74, 6) is -0.181. The van der Waals surface area contributed by atoms with Crippen LogP contribution in [-0.2, 0) is 26.6 Å². The Balaban J connectivity index is 1.40. The Morgan fingerprint density at radius 1 is 1.17 bits per heavy atom. The summed E-state index contributed by atoms with van der Waals surface area (Å²) in [5.41, 5.74) is 1.02. The van der Waals surface area contributed by atoms with Crippen LogP contribution in [0.15, 0.2) is 41.6 Å². The van der Waals surface area contributed by atoms with Gasteiger partial charge in [-0.2, -0.15) is 9.40 Å². The lowest BCUT2D eigenvalue weighted by molar-refractivity contribution is -0.147. The van der Waals surface area contributed by atoms with Gasteiger partial charge in [-0.1, -0.05) is 23.7 Å². The largest absolute Gasteiger partial charge is 0.366 e. The third kappa shape index (κ3) is 4.18. The first-order valence-corrected chi connectivity index (χ1v) is 11.6. The van der Waals surface area contributed by atoms with E-state index in [2.05, 4.69) is 10.00 Å². The SMILES string of the molecule is Cn1cc(N2CCN(C(=O)[C@H]3CN(S(=O)(=O)c4ccccc4Cl)CCO3)CC2)cn1. The van der Waals surface area contributed by atoms with Crippen molar-refractivity contribution in [2.24, 2.45) is 7.05 Å². The van der Waals surface area contributed by atoms with E-state index in [0.29, 0.717) is 26.2 Å². The van der Waals surface area contributed by atoms with Crippen LogP contribution in [0.3, 0.4) is 0 Å².